The quantitative estimate of drug-likeness (QED) is 0.0463. The minimum absolute atomic E-state index is 0.104. The van der Waals surface area contributed by atoms with Gasteiger partial charge in [-0.2, -0.15) is 18.9 Å². The molecule has 2 unspecified atom stereocenters. The van der Waals surface area contributed by atoms with Gasteiger partial charge in [-0.3, -0.25) is 49.0 Å². The average Bonchev–Trinajstić information content (AvgIpc) is 3.91. The fraction of sp³-hybridized carbons (Fsp3) is 0.298. The van der Waals surface area contributed by atoms with Gasteiger partial charge in [0.2, 0.25) is 0 Å². The van der Waals surface area contributed by atoms with Gasteiger partial charge >= 0.3 is 18.2 Å². The van der Waals surface area contributed by atoms with Crippen molar-refractivity contribution in [3.8, 4) is 12.1 Å². The van der Waals surface area contributed by atoms with Crippen molar-refractivity contribution in [3.05, 3.63) is 130 Å². The number of carbonyl (C=O) groups excluding carboxylic acids is 5. The minimum atomic E-state index is -3.65. The van der Waals surface area contributed by atoms with Crippen molar-refractivity contribution in [2.75, 3.05) is 81.6 Å². The number of benzene rings is 4. The number of piperazine rings is 1. The van der Waals surface area contributed by atoms with Crippen LogP contribution in [0.2, 0.25) is 0 Å². The van der Waals surface area contributed by atoms with E-state index in [1.54, 1.807) is 90.7 Å². The Balaban J connectivity index is 0.000000232. The number of nitrogens with one attached hydrogen (secondary N) is 4. The second kappa shape index (κ2) is 23.1. The number of nitriles is 2. The number of amidine groups is 2. The van der Waals surface area contributed by atoms with E-state index in [1.165, 1.54) is 23.1 Å². The summed E-state index contributed by atoms with van der Waals surface area (Å²) in [6.07, 6.45) is -1.19. The maximum absolute atomic E-state index is 12.5. The third-order valence-corrected chi connectivity index (χ3v) is 11.4. The molecule has 358 valence electrons. The molecule has 3 heterocycles. The molecule has 7 rings (SSSR count). The number of cyclic esters (lactones) is 2. The van der Waals surface area contributed by atoms with E-state index >= 15 is 0 Å². The standard InChI is InChI=1S/C27H30N6O5.C20H18N4O6S/c1-2-37-24(34)18-32-13-11-31(12-14-32)16-22-17-33(27(36)38-22)21-9-7-19(8-10-21)25(29)30-26(35)23-6-4-3-5-20(23)15-28;1-31(27,28)29-12-16-11-24(20(26)30-16)15-8-6-13(7-9-15)18(22)23-19(25)17-5-3-2-4-14(17)10-21/h3-10,22H,2,11-14,16-18H2,1H3,(H2,29,30,35);2-9,16H,11-12H2,1H3,(H2,22,23,25). The van der Waals surface area contributed by atoms with Crippen LogP contribution >= 0.6 is 0 Å². The van der Waals surface area contributed by atoms with Gasteiger partial charge in [0, 0.05) is 55.2 Å². The summed E-state index contributed by atoms with van der Waals surface area (Å²) >= 11 is 0. The van der Waals surface area contributed by atoms with Crippen LogP contribution in [-0.2, 0) is 33.3 Å². The van der Waals surface area contributed by atoms with Gasteiger partial charge in [0.15, 0.2) is 0 Å². The van der Waals surface area contributed by atoms with Gasteiger partial charge in [0.05, 0.1) is 66.9 Å². The third-order valence-electron chi connectivity index (χ3n) is 10.8. The number of anilines is 2. The Morgan fingerprint density at radius 3 is 1.58 bits per heavy atom. The summed E-state index contributed by atoms with van der Waals surface area (Å²) in [7, 11) is -3.65. The van der Waals surface area contributed by atoms with Crippen molar-refractivity contribution in [3.63, 3.8) is 0 Å². The number of amides is 4. The normalized spacial score (nSPS) is 17.0. The molecule has 0 saturated carbocycles. The Kier molecular flexibility index (Phi) is 16.9. The van der Waals surface area contributed by atoms with Crippen molar-refractivity contribution in [1.29, 1.82) is 21.3 Å². The molecule has 69 heavy (non-hydrogen) atoms. The minimum Gasteiger partial charge on any atom is -0.465 e. The molecule has 3 fully saturated rings. The highest BCUT2D eigenvalue weighted by Crippen LogP contribution is 2.25. The molecule has 3 aliphatic heterocycles. The van der Waals surface area contributed by atoms with Crippen LogP contribution in [0.15, 0.2) is 97.1 Å². The number of esters is 1. The third kappa shape index (κ3) is 13.8. The fourth-order valence-electron chi connectivity index (χ4n) is 7.33. The Morgan fingerprint density at radius 1 is 0.696 bits per heavy atom. The Bertz CT molecular complexity index is 2790. The van der Waals surface area contributed by atoms with Crippen LogP contribution in [-0.4, -0.2) is 144 Å². The molecule has 0 bridgehead atoms. The van der Waals surface area contributed by atoms with E-state index in [1.807, 2.05) is 12.1 Å². The molecule has 21 nitrogen and oxygen atoms in total. The van der Waals surface area contributed by atoms with E-state index in [0.717, 1.165) is 32.4 Å². The molecule has 22 heteroatoms. The summed E-state index contributed by atoms with van der Waals surface area (Å²) in [5.41, 5.74) is 2.74. The smallest absolute Gasteiger partial charge is 0.414 e. The molecular weight excluding hydrogens is 913 g/mol. The number of nitrogens with zero attached hydrogens (tertiary/aromatic N) is 6. The van der Waals surface area contributed by atoms with Crippen molar-refractivity contribution < 1.29 is 50.8 Å². The van der Waals surface area contributed by atoms with Crippen LogP contribution in [0.5, 0.6) is 0 Å². The first kappa shape index (κ1) is 50.4. The van der Waals surface area contributed by atoms with Crippen molar-refractivity contribution in [2.45, 2.75) is 19.1 Å². The lowest BCUT2D eigenvalue weighted by Crippen LogP contribution is -2.50. The maximum Gasteiger partial charge on any atom is 0.414 e. The Hall–Kier alpha value is -8.02. The summed E-state index contributed by atoms with van der Waals surface area (Å²) in [5.74, 6) is -1.62. The van der Waals surface area contributed by atoms with Crippen molar-refractivity contribution in [1.82, 2.24) is 20.4 Å². The fourth-order valence-corrected chi connectivity index (χ4v) is 7.73. The lowest BCUT2D eigenvalue weighted by Gasteiger charge is -2.34. The molecule has 0 aromatic heterocycles. The predicted octanol–water partition coefficient (Wildman–Crippen LogP) is 3.43. The molecule has 4 N–H and O–H groups in total. The molecule has 0 aliphatic carbocycles. The van der Waals surface area contributed by atoms with E-state index in [2.05, 4.69) is 24.6 Å². The lowest BCUT2D eigenvalue weighted by molar-refractivity contribution is -0.144. The summed E-state index contributed by atoms with van der Waals surface area (Å²) in [6.45, 7) is 6.33. The van der Waals surface area contributed by atoms with E-state index in [9.17, 15) is 37.7 Å². The van der Waals surface area contributed by atoms with Crippen LogP contribution in [0.1, 0.15) is 49.9 Å². The Labute approximate surface area is 397 Å². The molecule has 2 atom stereocenters. The number of hydrogen-bond acceptors (Lipinski definition) is 17. The number of ether oxygens (including phenoxy) is 3. The molecule has 4 aromatic carbocycles. The first-order valence-corrected chi connectivity index (χ1v) is 23.3. The van der Waals surface area contributed by atoms with Gasteiger partial charge in [0.1, 0.15) is 30.5 Å². The van der Waals surface area contributed by atoms with Crippen LogP contribution in [0.4, 0.5) is 21.0 Å². The van der Waals surface area contributed by atoms with Gasteiger partial charge in [-0.15, -0.1) is 0 Å². The predicted molar refractivity (Wildman–Crippen MR) is 249 cm³/mol. The number of carbonyl (C=O) groups is 5. The first-order chi connectivity index (χ1) is 33.0. The van der Waals surface area contributed by atoms with Crippen LogP contribution in [0, 0.1) is 33.5 Å². The number of hydrogen-bond donors (Lipinski definition) is 4. The van der Waals surface area contributed by atoms with E-state index in [4.69, 9.17) is 30.3 Å². The highest BCUT2D eigenvalue weighted by molar-refractivity contribution is 7.86. The summed E-state index contributed by atoms with van der Waals surface area (Å²) < 4.78 is 42.5. The van der Waals surface area contributed by atoms with Crippen LogP contribution < -0.4 is 20.4 Å². The zero-order valence-corrected chi connectivity index (χ0v) is 38.4. The second-order valence-corrected chi connectivity index (χ2v) is 17.3. The van der Waals surface area contributed by atoms with Crippen LogP contribution in [0.25, 0.3) is 0 Å². The second-order valence-electron chi connectivity index (χ2n) is 15.7. The van der Waals surface area contributed by atoms with E-state index in [-0.39, 0.29) is 65.7 Å². The molecule has 0 radical (unpaired) electrons. The highest BCUT2D eigenvalue weighted by atomic mass is 32.2. The molecule has 4 amide bonds. The highest BCUT2D eigenvalue weighted by Gasteiger charge is 2.35. The number of rotatable bonds is 14. The largest absolute Gasteiger partial charge is 0.465 e. The topological polar surface area (TPSA) is 289 Å². The summed E-state index contributed by atoms with van der Waals surface area (Å²) in [4.78, 5) is 68.3. The Morgan fingerprint density at radius 2 is 1.13 bits per heavy atom. The molecule has 3 saturated heterocycles. The first-order valence-electron chi connectivity index (χ1n) is 21.5. The SMILES string of the molecule is CCOC(=O)CN1CCN(CC2CN(c3ccc(C(=N)NC(=O)c4ccccc4C#N)cc3)C(=O)O2)CC1.CS(=O)(=O)OCC1CN(c2ccc(C(=N)NC(=O)c3ccccc3C#N)cc2)C(=O)O1. The zero-order valence-electron chi connectivity index (χ0n) is 37.5. The maximum atomic E-state index is 12.5. The van der Waals surface area contributed by atoms with Gasteiger partial charge in [-0.25, -0.2) is 9.59 Å². The molecule has 0 spiro atoms. The van der Waals surface area contributed by atoms with E-state index < -0.39 is 40.2 Å². The summed E-state index contributed by atoms with van der Waals surface area (Å²) in [5, 5.41) is 39.6. The molecule has 3 aliphatic rings. The van der Waals surface area contributed by atoms with Gasteiger partial charge < -0.3 is 24.8 Å². The van der Waals surface area contributed by atoms with Gasteiger partial charge in [-0.05, 0) is 79.7 Å². The van der Waals surface area contributed by atoms with Crippen LogP contribution in [0.3, 0.4) is 0 Å². The lowest BCUT2D eigenvalue weighted by atomic mass is 10.1. The monoisotopic (exact) mass is 960 g/mol. The van der Waals surface area contributed by atoms with Crippen molar-refractivity contribution in [2.24, 2.45) is 0 Å². The van der Waals surface area contributed by atoms with E-state index in [0.29, 0.717) is 42.2 Å². The van der Waals surface area contributed by atoms with Gasteiger partial charge in [-0.1, -0.05) is 24.3 Å². The molecule has 4 aromatic rings. The van der Waals surface area contributed by atoms with Crippen molar-refractivity contribution >= 4 is 63.1 Å². The summed E-state index contributed by atoms with van der Waals surface area (Å²) in [6, 6.07) is 29.5. The average molecular weight is 961 g/mol. The molecular formula is C47H48N10O11S. The van der Waals surface area contributed by atoms with Gasteiger partial charge in [0.25, 0.3) is 21.9 Å². The zero-order chi connectivity index (χ0) is 49.7.